The van der Waals surface area contributed by atoms with Gasteiger partial charge in [0, 0.05) is 26.9 Å². The highest BCUT2D eigenvalue weighted by molar-refractivity contribution is 7.17. The van der Waals surface area contributed by atoms with Gasteiger partial charge in [0.25, 0.3) is 5.56 Å². The molecule has 0 atom stereocenters. The number of esters is 1. The van der Waals surface area contributed by atoms with Crippen molar-refractivity contribution in [3.05, 3.63) is 92.6 Å². The van der Waals surface area contributed by atoms with E-state index in [-0.39, 0.29) is 24.3 Å². The molecule has 0 unspecified atom stereocenters. The highest BCUT2D eigenvalue weighted by atomic mass is 35.5. The molecule has 10 heteroatoms. The minimum Gasteiger partial charge on any atom is -0.462 e. The van der Waals surface area contributed by atoms with Crippen LogP contribution < -0.4 is 10.9 Å². The maximum atomic E-state index is 13.3. The number of rotatable bonds is 7. The summed E-state index contributed by atoms with van der Waals surface area (Å²) in [5.41, 5.74) is 3.04. The number of nitrogens with one attached hydrogen (secondary N) is 1. The molecule has 0 aliphatic rings. The average molecular weight is 550 g/mol. The van der Waals surface area contributed by atoms with Gasteiger partial charge < -0.3 is 10.1 Å². The van der Waals surface area contributed by atoms with Crippen LogP contribution in [0.1, 0.15) is 17.3 Å². The van der Waals surface area contributed by atoms with Gasteiger partial charge in [-0.3, -0.25) is 14.2 Å². The molecule has 0 spiro atoms. The zero-order valence-electron chi connectivity index (χ0n) is 19.6. The lowest BCUT2D eigenvalue weighted by molar-refractivity contribution is -0.116. The Labute approximate surface area is 224 Å². The van der Waals surface area contributed by atoms with Crippen molar-refractivity contribution in [2.75, 3.05) is 11.9 Å². The SMILES string of the molecule is CCOC(=O)c1c(-c2ccccc2)csc1NC(=O)Cn1cnc2scc(-c3ccc(Cl)cc3)c2c1=O. The molecule has 0 aliphatic heterocycles. The number of halogens is 1. The molecule has 0 aliphatic carbocycles. The summed E-state index contributed by atoms with van der Waals surface area (Å²) in [5, 5.41) is 7.87. The summed E-state index contributed by atoms with van der Waals surface area (Å²) in [7, 11) is 0. The number of aromatic nitrogens is 2. The molecule has 5 rings (SSSR count). The molecular weight excluding hydrogens is 530 g/mol. The van der Waals surface area contributed by atoms with Crippen molar-refractivity contribution in [2.45, 2.75) is 13.5 Å². The third-order valence-electron chi connectivity index (χ3n) is 5.64. The largest absolute Gasteiger partial charge is 0.462 e. The Morgan fingerprint density at radius 3 is 2.43 bits per heavy atom. The first-order valence-corrected chi connectivity index (χ1v) is 13.5. The fourth-order valence-corrected chi connectivity index (χ4v) is 5.93. The Kier molecular flexibility index (Phi) is 7.18. The maximum Gasteiger partial charge on any atom is 0.341 e. The third-order valence-corrected chi connectivity index (χ3v) is 7.67. The fraction of sp³-hybridized carbons (Fsp3) is 0.111. The van der Waals surface area contributed by atoms with Crippen LogP contribution >= 0.6 is 34.3 Å². The van der Waals surface area contributed by atoms with Crippen LogP contribution in [0.5, 0.6) is 0 Å². The molecule has 7 nitrogen and oxygen atoms in total. The summed E-state index contributed by atoms with van der Waals surface area (Å²) in [6, 6.07) is 16.6. The number of carbonyl (C=O) groups excluding carboxylic acids is 2. The monoisotopic (exact) mass is 549 g/mol. The van der Waals surface area contributed by atoms with Crippen LogP contribution in [0.4, 0.5) is 5.00 Å². The van der Waals surface area contributed by atoms with Gasteiger partial charge in [-0.05, 0) is 30.2 Å². The lowest BCUT2D eigenvalue weighted by atomic mass is 10.0. The number of amides is 1. The molecule has 0 fully saturated rings. The maximum absolute atomic E-state index is 13.3. The first-order chi connectivity index (χ1) is 18.0. The smallest absolute Gasteiger partial charge is 0.341 e. The Hall–Kier alpha value is -3.79. The summed E-state index contributed by atoms with van der Waals surface area (Å²) in [6.45, 7) is 1.66. The van der Waals surface area contributed by atoms with Crippen LogP contribution in [0, 0.1) is 0 Å². The van der Waals surface area contributed by atoms with Crippen molar-refractivity contribution >= 4 is 61.4 Å². The molecular formula is C27H20ClN3O4S2. The second-order valence-electron chi connectivity index (χ2n) is 8.00. The van der Waals surface area contributed by atoms with E-state index in [0.29, 0.717) is 25.8 Å². The van der Waals surface area contributed by atoms with E-state index in [4.69, 9.17) is 16.3 Å². The standard InChI is InChI=1S/C27H20ClN3O4S2/c1-2-35-27(34)23-20(16-6-4-3-5-7-16)14-37-25(23)30-21(32)12-31-15-29-24-22(26(31)33)19(13-36-24)17-8-10-18(28)11-9-17/h3-11,13-15H,2,12H2,1H3,(H,30,32). The van der Waals surface area contributed by atoms with Crippen molar-refractivity contribution in [2.24, 2.45) is 0 Å². The van der Waals surface area contributed by atoms with E-state index in [0.717, 1.165) is 16.7 Å². The summed E-state index contributed by atoms with van der Waals surface area (Å²) in [4.78, 5) is 44.1. The Balaban J connectivity index is 1.44. The molecule has 1 N–H and O–H groups in total. The van der Waals surface area contributed by atoms with Gasteiger partial charge in [0.05, 0.1) is 18.3 Å². The van der Waals surface area contributed by atoms with Crippen molar-refractivity contribution in [1.82, 2.24) is 9.55 Å². The van der Waals surface area contributed by atoms with E-state index in [9.17, 15) is 14.4 Å². The van der Waals surface area contributed by atoms with Gasteiger partial charge in [-0.1, -0.05) is 54.1 Å². The highest BCUT2D eigenvalue weighted by Crippen LogP contribution is 2.36. The molecule has 186 valence electrons. The van der Waals surface area contributed by atoms with Gasteiger partial charge >= 0.3 is 5.97 Å². The van der Waals surface area contributed by atoms with Crippen molar-refractivity contribution < 1.29 is 14.3 Å². The minimum atomic E-state index is -0.524. The topological polar surface area (TPSA) is 90.3 Å². The van der Waals surface area contributed by atoms with E-state index in [1.54, 1.807) is 24.4 Å². The number of fused-ring (bicyclic) bond motifs is 1. The van der Waals surface area contributed by atoms with Crippen LogP contribution in [0.3, 0.4) is 0 Å². The highest BCUT2D eigenvalue weighted by Gasteiger charge is 2.23. The molecule has 2 aromatic carbocycles. The zero-order valence-corrected chi connectivity index (χ0v) is 22.0. The van der Waals surface area contributed by atoms with Gasteiger partial charge in [-0.2, -0.15) is 0 Å². The molecule has 3 aromatic heterocycles. The molecule has 0 saturated carbocycles. The predicted molar refractivity (Wildman–Crippen MR) is 149 cm³/mol. The summed E-state index contributed by atoms with van der Waals surface area (Å²) < 4.78 is 6.52. The Morgan fingerprint density at radius 1 is 1.00 bits per heavy atom. The minimum absolute atomic E-state index is 0.202. The van der Waals surface area contributed by atoms with Gasteiger partial charge in [-0.15, -0.1) is 22.7 Å². The van der Waals surface area contributed by atoms with Crippen LogP contribution in [-0.2, 0) is 16.1 Å². The van der Waals surface area contributed by atoms with E-state index in [2.05, 4.69) is 10.3 Å². The predicted octanol–water partition coefficient (Wildman–Crippen LogP) is 6.32. The number of benzene rings is 2. The average Bonchev–Trinajstić information content (AvgIpc) is 3.52. The fourth-order valence-electron chi connectivity index (χ4n) is 3.93. The quantitative estimate of drug-likeness (QED) is 0.240. The lowest BCUT2D eigenvalue weighted by Crippen LogP contribution is -2.28. The lowest BCUT2D eigenvalue weighted by Gasteiger charge is -2.10. The molecule has 0 bridgehead atoms. The number of carbonyl (C=O) groups is 2. The van der Waals surface area contributed by atoms with E-state index >= 15 is 0 Å². The second-order valence-corrected chi connectivity index (χ2v) is 10.2. The van der Waals surface area contributed by atoms with E-state index in [1.807, 2.05) is 47.8 Å². The molecule has 0 saturated heterocycles. The summed E-state index contributed by atoms with van der Waals surface area (Å²) in [5.74, 6) is -0.984. The number of ether oxygens (including phenoxy) is 1. The number of hydrogen-bond acceptors (Lipinski definition) is 7. The van der Waals surface area contributed by atoms with Gasteiger partial charge in [0.1, 0.15) is 21.9 Å². The first-order valence-electron chi connectivity index (χ1n) is 11.3. The normalized spacial score (nSPS) is 11.0. The summed E-state index contributed by atoms with van der Waals surface area (Å²) in [6.07, 6.45) is 1.36. The summed E-state index contributed by atoms with van der Waals surface area (Å²) >= 11 is 8.60. The van der Waals surface area contributed by atoms with Crippen LogP contribution in [0.2, 0.25) is 5.02 Å². The molecule has 37 heavy (non-hydrogen) atoms. The van der Waals surface area contributed by atoms with Crippen LogP contribution in [-0.4, -0.2) is 28.0 Å². The van der Waals surface area contributed by atoms with Crippen LogP contribution in [0.15, 0.2) is 76.5 Å². The third kappa shape index (κ3) is 5.06. The van der Waals surface area contributed by atoms with Crippen LogP contribution in [0.25, 0.3) is 32.5 Å². The molecule has 3 heterocycles. The Morgan fingerprint density at radius 2 is 1.70 bits per heavy atom. The van der Waals surface area contributed by atoms with Crippen molar-refractivity contribution in [1.29, 1.82) is 0 Å². The Bertz CT molecular complexity index is 1660. The van der Waals surface area contributed by atoms with E-state index in [1.165, 1.54) is 33.6 Å². The van der Waals surface area contributed by atoms with Crippen molar-refractivity contribution in [3.8, 4) is 22.3 Å². The zero-order chi connectivity index (χ0) is 25.9. The second kappa shape index (κ2) is 10.7. The van der Waals surface area contributed by atoms with Gasteiger partial charge in [0.15, 0.2) is 0 Å². The van der Waals surface area contributed by atoms with E-state index < -0.39 is 11.9 Å². The van der Waals surface area contributed by atoms with Gasteiger partial charge in [-0.25, -0.2) is 9.78 Å². The number of hydrogen-bond donors (Lipinski definition) is 1. The number of anilines is 1. The molecule has 0 radical (unpaired) electrons. The van der Waals surface area contributed by atoms with Crippen molar-refractivity contribution in [3.63, 3.8) is 0 Å². The van der Waals surface area contributed by atoms with Gasteiger partial charge in [0.2, 0.25) is 5.91 Å². The number of nitrogens with zero attached hydrogens (tertiary/aromatic N) is 2. The molecule has 5 aromatic rings. The first kappa shape index (κ1) is 24.9. The number of thiophene rings is 2. The molecule has 1 amide bonds.